The number of likely N-dealkylation sites (N-methyl/N-ethyl adjacent to an activating group) is 1. The fourth-order valence-corrected chi connectivity index (χ4v) is 4.30. The zero-order valence-corrected chi connectivity index (χ0v) is 19.8. The summed E-state index contributed by atoms with van der Waals surface area (Å²) in [6.45, 7) is 4.03. The molecule has 2 aliphatic heterocycles. The van der Waals surface area contributed by atoms with Crippen molar-refractivity contribution >= 4 is 11.6 Å². The molecule has 0 N–H and O–H groups in total. The molecule has 0 spiro atoms. The molecule has 1 saturated heterocycles. The lowest BCUT2D eigenvalue weighted by Crippen LogP contribution is -2.48. The third-order valence-corrected chi connectivity index (χ3v) is 6.34. The highest BCUT2D eigenvalue weighted by atomic mass is 16.5. The van der Waals surface area contributed by atoms with Crippen LogP contribution in [0.3, 0.4) is 0 Å². The molecule has 2 aromatic carbocycles. The van der Waals surface area contributed by atoms with Crippen LogP contribution in [0.5, 0.6) is 17.2 Å². The van der Waals surface area contributed by atoms with E-state index in [0.29, 0.717) is 24.5 Å². The Kier molecular flexibility index (Phi) is 7.15. The zero-order chi connectivity index (χ0) is 23.4. The van der Waals surface area contributed by atoms with Gasteiger partial charge in [-0.3, -0.25) is 9.69 Å². The Morgan fingerprint density at radius 2 is 1.61 bits per heavy atom. The third kappa shape index (κ3) is 5.12. The summed E-state index contributed by atoms with van der Waals surface area (Å²) in [4.78, 5) is 17.9. The molecule has 0 aromatic heterocycles. The van der Waals surface area contributed by atoms with Gasteiger partial charge in [-0.25, -0.2) is 5.01 Å². The molecule has 2 heterocycles. The number of carbonyl (C=O) groups excluding carboxylic acids is 1. The van der Waals surface area contributed by atoms with Gasteiger partial charge in [0.15, 0.2) is 0 Å². The van der Waals surface area contributed by atoms with E-state index in [1.165, 1.54) is 0 Å². The first-order valence-electron chi connectivity index (χ1n) is 11.2. The second kappa shape index (κ2) is 10.2. The minimum atomic E-state index is -0.247. The number of ether oxygens (including phenoxy) is 3. The van der Waals surface area contributed by atoms with Gasteiger partial charge in [-0.15, -0.1) is 0 Å². The Hall–Kier alpha value is -3.10. The van der Waals surface area contributed by atoms with Crippen LogP contribution < -0.4 is 14.2 Å². The molecule has 0 aliphatic carbocycles. The zero-order valence-electron chi connectivity index (χ0n) is 19.8. The predicted molar refractivity (Wildman–Crippen MR) is 127 cm³/mol. The van der Waals surface area contributed by atoms with Crippen LogP contribution in [0, 0.1) is 0 Å². The lowest BCUT2D eigenvalue weighted by Gasteiger charge is -2.33. The number of piperazine rings is 1. The molecule has 8 heteroatoms. The van der Waals surface area contributed by atoms with E-state index in [1.54, 1.807) is 26.3 Å². The van der Waals surface area contributed by atoms with E-state index in [2.05, 4.69) is 16.8 Å². The number of nitrogens with zero attached hydrogens (tertiary/aromatic N) is 4. The number of rotatable bonds is 7. The number of amides is 1. The second-order valence-electron chi connectivity index (χ2n) is 8.42. The van der Waals surface area contributed by atoms with E-state index in [-0.39, 0.29) is 11.9 Å². The van der Waals surface area contributed by atoms with E-state index >= 15 is 0 Å². The molecule has 1 fully saturated rings. The van der Waals surface area contributed by atoms with Gasteiger partial charge in [-0.05, 0) is 49.0 Å². The predicted octanol–water partition coefficient (Wildman–Crippen LogP) is 2.64. The SMILES string of the molecule is COc1ccc(C2=NN(C(=O)CN3CCN(C)CC3)[C@@H](c3ccc(OC)cc3OC)C2)cc1. The average Bonchev–Trinajstić information content (AvgIpc) is 3.30. The molecule has 1 atom stereocenters. The molecule has 0 radical (unpaired) electrons. The van der Waals surface area contributed by atoms with E-state index in [4.69, 9.17) is 19.3 Å². The molecule has 2 aromatic rings. The maximum absolute atomic E-state index is 13.5. The number of methoxy groups -OCH3 is 3. The fraction of sp³-hybridized carbons (Fsp3) is 0.440. The lowest BCUT2D eigenvalue weighted by molar-refractivity contribution is -0.134. The lowest BCUT2D eigenvalue weighted by atomic mass is 9.97. The Bertz CT molecular complexity index is 1000. The van der Waals surface area contributed by atoms with Crippen molar-refractivity contribution in [2.45, 2.75) is 12.5 Å². The Morgan fingerprint density at radius 1 is 0.939 bits per heavy atom. The van der Waals surface area contributed by atoms with Gasteiger partial charge in [0.2, 0.25) is 0 Å². The van der Waals surface area contributed by atoms with Gasteiger partial charge in [-0.2, -0.15) is 5.10 Å². The largest absolute Gasteiger partial charge is 0.497 e. The number of benzene rings is 2. The van der Waals surface area contributed by atoms with Crippen LogP contribution in [0.1, 0.15) is 23.6 Å². The molecule has 33 heavy (non-hydrogen) atoms. The van der Waals surface area contributed by atoms with Gasteiger partial charge in [0.1, 0.15) is 17.2 Å². The maximum atomic E-state index is 13.5. The molecular weight excluding hydrogens is 420 g/mol. The molecule has 0 unspecified atom stereocenters. The van der Waals surface area contributed by atoms with Gasteiger partial charge in [0, 0.05) is 44.2 Å². The van der Waals surface area contributed by atoms with Crippen molar-refractivity contribution in [3.63, 3.8) is 0 Å². The van der Waals surface area contributed by atoms with Crippen LogP contribution in [-0.4, -0.2) is 87.5 Å². The summed E-state index contributed by atoms with van der Waals surface area (Å²) in [5.41, 5.74) is 2.76. The molecule has 2 aliphatic rings. The van der Waals surface area contributed by atoms with Crippen molar-refractivity contribution in [1.82, 2.24) is 14.8 Å². The van der Waals surface area contributed by atoms with E-state index in [9.17, 15) is 4.79 Å². The van der Waals surface area contributed by atoms with Crippen LogP contribution in [0.4, 0.5) is 0 Å². The molecule has 0 bridgehead atoms. The fourth-order valence-electron chi connectivity index (χ4n) is 4.30. The van der Waals surface area contributed by atoms with E-state index in [1.807, 2.05) is 42.5 Å². The van der Waals surface area contributed by atoms with Crippen LogP contribution in [0.25, 0.3) is 0 Å². The number of hydrogen-bond acceptors (Lipinski definition) is 7. The summed E-state index contributed by atoms with van der Waals surface area (Å²) < 4.78 is 16.3. The highest BCUT2D eigenvalue weighted by molar-refractivity contribution is 6.03. The first-order valence-corrected chi connectivity index (χ1v) is 11.2. The minimum absolute atomic E-state index is 0.00839. The van der Waals surface area contributed by atoms with Gasteiger partial charge >= 0.3 is 0 Å². The van der Waals surface area contributed by atoms with Crippen LogP contribution in [0.15, 0.2) is 47.6 Å². The van der Waals surface area contributed by atoms with Gasteiger partial charge in [0.05, 0.1) is 39.6 Å². The summed E-state index contributed by atoms with van der Waals surface area (Å²) in [5, 5.41) is 6.45. The highest BCUT2D eigenvalue weighted by Crippen LogP contribution is 2.39. The molecule has 8 nitrogen and oxygen atoms in total. The van der Waals surface area contributed by atoms with Crippen molar-refractivity contribution in [3.8, 4) is 17.2 Å². The standard InChI is InChI=1S/C25H32N4O4/c1-27-11-13-28(14-12-27)17-25(30)29-23(21-10-9-20(32-3)15-24(21)33-4)16-22(26-29)18-5-7-19(31-2)8-6-18/h5-10,15,23H,11-14,16-17H2,1-4H3/t23-/m1/s1. The van der Waals surface area contributed by atoms with Crippen molar-refractivity contribution in [2.75, 3.05) is 61.1 Å². The smallest absolute Gasteiger partial charge is 0.257 e. The van der Waals surface area contributed by atoms with Crippen molar-refractivity contribution in [3.05, 3.63) is 53.6 Å². The van der Waals surface area contributed by atoms with Gasteiger partial charge < -0.3 is 19.1 Å². The number of hydrazone groups is 1. The second-order valence-corrected chi connectivity index (χ2v) is 8.42. The van der Waals surface area contributed by atoms with Crippen LogP contribution >= 0.6 is 0 Å². The summed E-state index contributed by atoms with van der Waals surface area (Å²) in [7, 11) is 7.01. The normalized spacial score (nSPS) is 19.3. The summed E-state index contributed by atoms with van der Waals surface area (Å²) in [5.74, 6) is 2.17. The molecular formula is C25H32N4O4. The quantitative estimate of drug-likeness (QED) is 0.644. The number of hydrogen-bond donors (Lipinski definition) is 0. The monoisotopic (exact) mass is 452 g/mol. The molecule has 176 valence electrons. The summed E-state index contributed by atoms with van der Waals surface area (Å²) >= 11 is 0. The molecule has 4 rings (SSSR count). The van der Waals surface area contributed by atoms with Gasteiger partial charge in [0.25, 0.3) is 5.91 Å². The minimum Gasteiger partial charge on any atom is -0.497 e. The van der Waals surface area contributed by atoms with Crippen molar-refractivity contribution in [1.29, 1.82) is 0 Å². The van der Waals surface area contributed by atoms with E-state index in [0.717, 1.165) is 48.8 Å². The van der Waals surface area contributed by atoms with Crippen LogP contribution in [-0.2, 0) is 4.79 Å². The molecule has 0 saturated carbocycles. The van der Waals surface area contributed by atoms with Crippen LogP contribution in [0.2, 0.25) is 0 Å². The number of carbonyl (C=O) groups is 1. The first-order chi connectivity index (χ1) is 16.0. The third-order valence-electron chi connectivity index (χ3n) is 6.34. The summed E-state index contributed by atoms with van der Waals surface area (Å²) in [6, 6.07) is 13.2. The average molecular weight is 453 g/mol. The Labute approximate surface area is 195 Å². The Balaban J connectivity index is 1.63. The maximum Gasteiger partial charge on any atom is 0.257 e. The van der Waals surface area contributed by atoms with Gasteiger partial charge in [-0.1, -0.05) is 0 Å². The topological polar surface area (TPSA) is 66.8 Å². The summed E-state index contributed by atoms with van der Waals surface area (Å²) in [6.07, 6.45) is 0.601. The molecule has 1 amide bonds. The van der Waals surface area contributed by atoms with E-state index < -0.39 is 0 Å². The Morgan fingerprint density at radius 3 is 2.24 bits per heavy atom. The van der Waals surface area contributed by atoms with Crippen molar-refractivity contribution in [2.24, 2.45) is 5.10 Å². The first kappa shape index (κ1) is 23.1. The highest BCUT2D eigenvalue weighted by Gasteiger charge is 2.35. The van der Waals surface area contributed by atoms with Crippen molar-refractivity contribution < 1.29 is 19.0 Å².